The summed E-state index contributed by atoms with van der Waals surface area (Å²) >= 11 is 5.71. The Morgan fingerprint density at radius 2 is 2.05 bits per heavy atom. The van der Waals surface area contributed by atoms with Gasteiger partial charge in [-0.3, -0.25) is 4.79 Å². The second kappa shape index (κ2) is 5.63. The lowest BCUT2D eigenvalue weighted by atomic mass is 10.1. The van der Waals surface area contributed by atoms with E-state index in [9.17, 15) is 9.90 Å². The maximum atomic E-state index is 11.9. The van der Waals surface area contributed by atoms with Crippen LogP contribution < -0.4 is 11.1 Å². The lowest BCUT2D eigenvalue weighted by molar-refractivity contribution is 0.0948. The molecule has 5 heteroatoms. The molecule has 0 bridgehead atoms. The molecule has 0 aliphatic carbocycles. The number of halogens is 1. The van der Waals surface area contributed by atoms with E-state index in [2.05, 4.69) is 5.32 Å². The number of aromatic hydroxyl groups is 1. The molecule has 0 aromatic heterocycles. The summed E-state index contributed by atoms with van der Waals surface area (Å²) in [5, 5.41) is 12.7. The summed E-state index contributed by atoms with van der Waals surface area (Å²) in [6, 6.07) is 11.6. The molecule has 1 amide bonds. The average Bonchev–Trinajstić information content (AvgIpc) is 2.36. The SMILES string of the molecule is Nc1cccc(CNC(=O)c2ccc(Cl)cc2O)c1. The van der Waals surface area contributed by atoms with Gasteiger partial charge in [0.05, 0.1) is 5.56 Å². The van der Waals surface area contributed by atoms with Crippen LogP contribution in [-0.2, 0) is 6.54 Å². The molecule has 0 fully saturated rings. The molecule has 19 heavy (non-hydrogen) atoms. The molecular formula is C14H13ClN2O2. The van der Waals surface area contributed by atoms with Crippen molar-refractivity contribution < 1.29 is 9.90 Å². The predicted octanol–water partition coefficient (Wildman–Crippen LogP) is 2.56. The molecule has 0 saturated heterocycles. The number of anilines is 1. The summed E-state index contributed by atoms with van der Waals surface area (Å²) in [6.07, 6.45) is 0. The highest BCUT2D eigenvalue weighted by molar-refractivity contribution is 6.30. The van der Waals surface area contributed by atoms with Crippen LogP contribution in [0.25, 0.3) is 0 Å². The van der Waals surface area contributed by atoms with E-state index in [1.54, 1.807) is 18.2 Å². The molecule has 0 atom stereocenters. The number of hydrogen-bond donors (Lipinski definition) is 3. The van der Waals surface area contributed by atoms with E-state index in [0.29, 0.717) is 17.3 Å². The molecule has 0 aliphatic heterocycles. The van der Waals surface area contributed by atoms with Gasteiger partial charge in [-0.2, -0.15) is 0 Å². The van der Waals surface area contributed by atoms with E-state index in [4.69, 9.17) is 17.3 Å². The fourth-order valence-corrected chi connectivity index (χ4v) is 1.84. The number of phenolic OH excluding ortho intramolecular Hbond substituents is 1. The predicted molar refractivity (Wildman–Crippen MR) is 75.1 cm³/mol. The summed E-state index contributed by atoms with van der Waals surface area (Å²) in [6.45, 7) is 0.339. The number of carbonyl (C=O) groups excluding carboxylic acids is 1. The molecule has 0 saturated carbocycles. The zero-order valence-corrected chi connectivity index (χ0v) is 10.8. The van der Waals surface area contributed by atoms with Gasteiger partial charge in [-0.1, -0.05) is 23.7 Å². The molecular weight excluding hydrogens is 264 g/mol. The first-order valence-corrected chi connectivity index (χ1v) is 6.05. The van der Waals surface area contributed by atoms with Crippen molar-refractivity contribution in [3.8, 4) is 5.75 Å². The Bertz CT molecular complexity index is 614. The highest BCUT2D eigenvalue weighted by Gasteiger charge is 2.10. The molecule has 0 heterocycles. The molecule has 0 spiro atoms. The van der Waals surface area contributed by atoms with Crippen molar-refractivity contribution in [3.05, 3.63) is 58.6 Å². The van der Waals surface area contributed by atoms with Crippen LogP contribution in [0.4, 0.5) is 5.69 Å². The summed E-state index contributed by atoms with van der Waals surface area (Å²) in [5.41, 5.74) is 7.37. The van der Waals surface area contributed by atoms with Gasteiger partial charge in [-0.05, 0) is 35.9 Å². The Hall–Kier alpha value is -2.20. The first kappa shape index (κ1) is 13.2. The highest BCUT2D eigenvalue weighted by Crippen LogP contribution is 2.21. The summed E-state index contributed by atoms with van der Waals surface area (Å²) in [7, 11) is 0. The Morgan fingerprint density at radius 3 is 2.74 bits per heavy atom. The van der Waals surface area contributed by atoms with Gasteiger partial charge in [0.1, 0.15) is 5.75 Å². The van der Waals surface area contributed by atoms with Crippen LogP contribution >= 0.6 is 11.6 Å². The normalized spacial score (nSPS) is 10.2. The van der Waals surface area contributed by atoms with Crippen LogP contribution in [0.3, 0.4) is 0 Å². The minimum atomic E-state index is -0.364. The van der Waals surface area contributed by atoms with Crippen molar-refractivity contribution in [1.82, 2.24) is 5.32 Å². The Labute approximate surface area is 115 Å². The summed E-state index contributed by atoms with van der Waals surface area (Å²) < 4.78 is 0. The fourth-order valence-electron chi connectivity index (χ4n) is 1.68. The number of nitrogens with two attached hydrogens (primary N) is 1. The number of nitrogens with one attached hydrogen (secondary N) is 1. The van der Waals surface area contributed by atoms with Crippen LogP contribution in [0.5, 0.6) is 5.75 Å². The topological polar surface area (TPSA) is 75.3 Å². The molecule has 0 unspecified atom stereocenters. The second-order valence-corrected chi connectivity index (χ2v) is 4.53. The van der Waals surface area contributed by atoms with Crippen LogP contribution in [0.15, 0.2) is 42.5 Å². The molecule has 98 valence electrons. The minimum absolute atomic E-state index is 0.141. The van der Waals surface area contributed by atoms with Crippen LogP contribution in [0.1, 0.15) is 15.9 Å². The van der Waals surface area contributed by atoms with E-state index >= 15 is 0 Å². The number of amides is 1. The smallest absolute Gasteiger partial charge is 0.255 e. The zero-order valence-electron chi connectivity index (χ0n) is 10.1. The molecule has 4 N–H and O–H groups in total. The number of phenols is 1. The molecule has 2 aromatic rings. The van der Waals surface area contributed by atoms with Gasteiger partial charge in [0, 0.05) is 17.3 Å². The zero-order chi connectivity index (χ0) is 13.8. The standard InChI is InChI=1S/C14H13ClN2O2/c15-10-4-5-12(13(18)7-10)14(19)17-8-9-2-1-3-11(16)6-9/h1-7,18H,8,16H2,(H,17,19). The Kier molecular flexibility index (Phi) is 3.92. The number of benzene rings is 2. The van der Waals surface area contributed by atoms with E-state index in [1.165, 1.54) is 12.1 Å². The molecule has 2 aromatic carbocycles. The van der Waals surface area contributed by atoms with Gasteiger partial charge >= 0.3 is 0 Å². The van der Waals surface area contributed by atoms with Gasteiger partial charge in [0.15, 0.2) is 0 Å². The van der Waals surface area contributed by atoms with Crippen molar-refractivity contribution >= 4 is 23.2 Å². The van der Waals surface area contributed by atoms with E-state index in [0.717, 1.165) is 5.56 Å². The Balaban J connectivity index is 2.05. The van der Waals surface area contributed by atoms with E-state index in [1.807, 2.05) is 12.1 Å². The summed E-state index contributed by atoms with van der Waals surface area (Å²) in [4.78, 5) is 11.9. The van der Waals surface area contributed by atoms with E-state index < -0.39 is 0 Å². The molecule has 4 nitrogen and oxygen atoms in total. The Morgan fingerprint density at radius 1 is 1.26 bits per heavy atom. The van der Waals surface area contributed by atoms with Crippen LogP contribution in [0.2, 0.25) is 5.02 Å². The van der Waals surface area contributed by atoms with Gasteiger partial charge in [0.25, 0.3) is 5.91 Å². The van der Waals surface area contributed by atoms with Crippen molar-refractivity contribution in [2.75, 3.05) is 5.73 Å². The van der Waals surface area contributed by atoms with Crippen molar-refractivity contribution in [1.29, 1.82) is 0 Å². The molecule has 2 rings (SSSR count). The lowest BCUT2D eigenvalue weighted by Gasteiger charge is -2.07. The number of carbonyl (C=O) groups is 1. The monoisotopic (exact) mass is 276 g/mol. The quantitative estimate of drug-likeness (QED) is 0.754. The lowest BCUT2D eigenvalue weighted by Crippen LogP contribution is -2.22. The largest absolute Gasteiger partial charge is 0.507 e. The van der Waals surface area contributed by atoms with Crippen molar-refractivity contribution in [2.45, 2.75) is 6.54 Å². The van der Waals surface area contributed by atoms with Gasteiger partial charge in [0.2, 0.25) is 0 Å². The second-order valence-electron chi connectivity index (χ2n) is 4.09. The first-order chi connectivity index (χ1) is 9.06. The number of nitrogen functional groups attached to an aromatic ring is 1. The van der Waals surface area contributed by atoms with E-state index in [-0.39, 0.29) is 17.2 Å². The fraction of sp³-hybridized carbons (Fsp3) is 0.0714. The third-order valence-corrected chi connectivity index (χ3v) is 2.84. The van der Waals surface area contributed by atoms with Crippen molar-refractivity contribution in [2.24, 2.45) is 0 Å². The molecule has 0 aliphatic rings. The first-order valence-electron chi connectivity index (χ1n) is 5.67. The average molecular weight is 277 g/mol. The van der Waals surface area contributed by atoms with Crippen molar-refractivity contribution in [3.63, 3.8) is 0 Å². The molecule has 0 radical (unpaired) electrons. The third kappa shape index (κ3) is 3.39. The number of rotatable bonds is 3. The maximum Gasteiger partial charge on any atom is 0.255 e. The van der Waals surface area contributed by atoms with Crippen LogP contribution in [0, 0.1) is 0 Å². The van der Waals surface area contributed by atoms with Gasteiger partial charge in [-0.25, -0.2) is 0 Å². The summed E-state index contributed by atoms with van der Waals surface area (Å²) in [5.74, 6) is -0.505. The van der Waals surface area contributed by atoms with Gasteiger partial charge < -0.3 is 16.2 Å². The third-order valence-electron chi connectivity index (χ3n) is 2.61. The number of hydrogen-bond acceptors (Lipinski definition) is 3. The van der Waals surface area contributed by atoms with Gasteiger partial charge in [-0.15, -0.1) is 0 Å². The maximum absolute atomic E-state index is 11.9. The minimum Gasteiger partial charge on any atom is -0.507 e. The highest BCUT2D eigenvalue weighted by atomic mass is 35.5. The van der Waals surface area contributed by atoms with Crippen LogP contribution in [-0.4, -0.2) is 11.0 Å².